The Bertz CT molecular complexity index is 563. The summed E-state index contributed by atoms with van der Waals surface area (Å²) in [7, 11) is 1.60. The van der Waals surface area contributed by atoms with Gasteiger partial charge in [0.25, 0.3) is 0 Å². The van der Waals surface area contributed by atoms with Crippen LogP contribution in [0.1, 0.15) is 25.7 Å². The highest BCUT2D eigenvalue weighted by molar-refractivity contribution is 5.81. The third kappa shape index (κ3) is 2.40. The number of hydrogen-bond acceptors (Lipinski definition) is 5. The van der Waals surface area contributed by atoms with Crippen molar-refractivity contribution in [1.29, 1.82) is 0 Å². The van der Waals surface area contributed by atoms with Crippen molar-refractivity contribution in [2.45, 2.75) is 19.8 Å². The van der Waals surface area contributed by atoms with Crippen molar-refractivity contribution in [3.8, 4) is 17.1 Å². The third-order valence-electron chi connectivity index (χ3n) is 2.75. The van der Waals surface area contributed by atoms with Gasteiger partial charge in [0.2, 0.25) is 11.7 Å². The summed E-state index contributed by atoms with van der Waals surface area (Å²) in [4.78, 5) is 15.5. The zero-order valence-corrected chi connectivity index (χ0v) is 10.5. The lowest BCUT2D eigenvalue weighted by molar-refractivity contribution is -0.118. The molecular formula is C13H14N2O3. The second kappa shape index (κ2) is 5.00. The standard InChI is InChI=1S/C13H14N2O3/c1-8(9(2)16)13-14-12(15-18-13)10-5-4-6-11(7-10)17-3/h4-8H,1-3H3. The van der Waals surface area contributed by atoms with Crippen LogP contribution < -0.4 is 4.74 Å². The minimum atomic E-state index is -0.378. The third-order valence-corrected chi connectivity index (χ3v) is 2.75. The molecule has 0 aliphatic carbocycles. The van der Waals surface area contributed by atoms with Crippen molar-refractivity contribution in [2.24, 2.45) is 0 Å². The van der Waals surface area contributed by atoms with Crippen molar-refractivity contribution in [1.82, 2.24) is 10.1 Å². The van der Waals surface area contributed by atoms with Gasteiger partial charge in [0, 0.05) is 5.56 Å². The molecule has 0 N–H and O–H groups in total. The van der Waals surface area contributed by atoms with Gasteiger partial charge >= 0.3 is 0 Å². The number of methoxy groups -OCH3 is 1. The van der Waals surface area contributed by atoms with Crippen LogP contribution in [0.2, 0.25) is 0 Å². The van der Waals surface area contributed by atoms with E-state index in [0.29, 0.717) is 11.7 Å². The molecule has 94 valence electrons. The fourth-order valence-electron chi connectivity index (χ4n) is 1.46. The van der Waals surface area contributed by atoms with Gasteiger partial charge in [-0.3, -0.25) is 4.79 Å². The molecular weight excluding hydrogens is 232 g/mol. The first-order chi connectivity index (χ1) is 8.61. The van der Waals surface area contributed by atoms with Crippen molar-refractivity contribution < 1.29 is 14.1 Å². The van der Waals surface area contributed by atoms with Crippen molar-refractivity contribution in [2.75, 3.05) is 7.11 Å². The maximum Gasteiger partial charge on any atom is 0.237 e. The monoisotopic (exact) mass is 246 g/mol. The molecule has 18 heavy (non-hydrogen) atoms. The molecule has 1 aromatic heterocycles. The van der Waals surface area contributed by atoms with Gasteiger partial charge < -0.3 is 9.26 Å². The predicted octanol–water partition coefficient (Wildman–Crippen LogP) is 2.44. The van der Waals surface area contributed by atoms with Gasteiger partial charge in [-0.15, -0.1) is 0 Å². The largest absolute Gasteiger partial charge is 0.497 e. The van der Waals surface area contributed by atoms with E-state index in [1.807, 2.05) is 24.3 Å². The number of hydrogen-bond donors (Lipinski definition) is 0. The number of carbonyl (C=O) groups excluding carboxylic acids is 1. The predicted molar refractivity (Wildman–Crippen MR) is 65.4 cm³/mol. The van der Waals surface area contributed by atoms with Crippen molar-refractivity contribution >= 4 is 5.78 Å². The molecule has 5 nitrogen and oxygen atoms in total. The minimum absolute atomic E-state index is 0.00385. The molecule has 0 aliphatic heterocycles. The Labute approximate surface area is 105 Å². The van der Waals surface area contributed by atoms with E-state index in [0.717, 1.165) is 11.3 Å². The molecule has 0 fully saturated rings. The lowest BCUT2D eigenvalue weighted by Gasteiger charge is -2.00. The second-order valence-corrected chi connectivity index (χ2v) is 4.02. The van der Waals surface area contributed by atoms with Crippen molar-refractivity contribution in [3.05, 3.63) is 30.2 Å². The zero-order chi connectivity index (χ0) is 13.1. The summed E-state index contributed by atoms with van der Waals surface area (Å²) in [6.45, 7) is 3.24. The van der Waals surface area contributed by atoms with Crippen LogP contribution in [-0.2, 0) is 4.79 Å². The van der Waals surface area contributed by atoms with Crippen LogP contribution in [0.15, 0.2) is 28.8 Å². The Morgan fingerprint density at radius 2 is 2.22 bits per heavy atom. The van der Waals surface area contributed by atoms with Gasteiger partial charge in [0.15, 0.2) is 0 Å². The van der Waals surface area contributed by atoms with Crippen LogP contribution in [0.3, 0.4) is 0 Å². The summed E-state index contributed by atoms with van der Waals surface area (Å²) in [5.74, 6) is 1.13. The first-order valence-corrected chi connectivity index (χ1v) is 5.60. The summed E-state index contributed by atoms with van der Waals surface area (Å²) in [5, 5.41) is 3.87. The van der Waals surface area contributed by atoms with Gasteiger partial charge in [0.1, 0.15) is 11.5 Å². The average Bonchev–Trinajstić information content (AvgIpc) is 2.87. The molecule has 2 rings (SSSR count). The fourth-order valence-corrected chi connectivity index (χ4v) is 1.46. The second-order valence-electron chi connectivity index (χ2n) is 4.02. The maximum absolute atomic E-state index is 11.2. The number of ketones is 1. The van der Waals surface area contributed by atoms with Gasteiger partial charge in [-0.2, -0.15) is 4.98 Å². The van der Waals surface area contributed by atoms with Gasteiger partial charge in [-0.25, -0.2) is 0 Å². The molecule has 0 saturated carbocycles. The van der Waals surface area contributed by atoms with Gasteiger partial charge in [0.05, 0.1) is 13.0 Å². The Morgan fingerprint density at radius 1 is 1.44 bits per heavy atom. The average molecular weight is 246 g/mol. The molecule has 0 saturated heterocycles. The van der Waals surface area contributed by atoms with Crippen LogP contribution in [-0.4, -0.2) is 23.0 Å². The van der Waals surface area contributed by atoms with Crippen LogP contribution >= 0.6 is 0 Å². The van der Waals surface area contributed by atoms with E-state index < -0.39 is 0 Å². The molecule has 1 atom stereocenters. The Hall–Kier alpha value is -2.17. The number of benzene rings is 1. The lowest BCUT2D eigenvalue weighted by atomic mass is 10.1. The number of carbonyl (C=O) groups is 1. The lowest BCUT2D eigenvalue weighted by Crippen LogP contribution is -2.04. The molecule has 1 heterocycles. The first kappa shape index (κ1) is 12.3. The number of aromatic nitrogens is 2. The zero-order valence-electron chi connectivity index (χ0n) is 10.5. The molecule has 2 aromatic rings. The quantitative estimate of drug-likeness (QED) is 0.829. The molecule has 0 radical (unpaired) electrons. The topological polar surface area (TPSA) is 65.2 Å². The fraction of sp³-hybridized carbons (Fsp3) is 0.308. The normalized spacial score (nSPS) is 12.2. The highest BCUT2D eigenvalue weighted by atomic mass is 16.5. The highest BCUT2D eigenvalue weighted by Gasteiger charge is 2.18. The van der Waals surface area contributed by atoms with E-state index in [1.165, 1.54) is 6.92 Å². The summed E-state index contributed by atoms with van der Waals surface area (Å²) in [6, 6.07) is 7.35. The highest BCUT2D eigenvalue weighted by Crippen LogP contribution is 2.23. The Morgan fingerprint density at radius 3 is 2.89 bits per heavy atom. The van der Waals surface area contributed by atoms with Crippen LogP contribution in [0.25, 0.3) is 11.4 Å². The molecule has 0 amide bonds. The Balaban J connectivity index is 2.31. The van der Waals surface area contributed by atoms with Gasteiger partial charge in [-0.05, 0) is 26.0 Å². The summed E-state index contributed by atoms with van der Waals surface area (Å²) >= 11 is 0. The number of rotatable bonds is 4. The summed E-state index contributed by atoms with van der Waals surface area (Å²) in [5.41, 5.74) is 0.792. The van der Waals surface area contributed by atoms with Crippen LogP contribution in [0, 0.1) is 0 Å². The van der Waals surface area contributed by atoms with Crippen LogP contribution in [0.5, 0.6) is 5.75 Å². The molecule has 0 spiro atoms. The van der Waals surface area contributed by atoms with E-state index in [4.69, 9.17) is 9.26 Å². The van der Waals surface area contributed by atoms with E-state index in [1.54, 1.807) is 14.0 Å². The molecule has 5 heteroatoms. The van der Waals surface area contributed by atoms with Crippen LogP contribution in [0.4, 0.5) is 0 Å². The van der Waals surface area contributed by atoms with E-state index in [9.17, 15) is 4.79 Å². The first-order valence-electron chi connectivity index (χ1n) is 5.60. The summed E-state index contributed by atoms with van der Waals surface area (Å²) in [6.07, 6.45) is 0. The van der Waals surface area contributed by atoms with Gasteiger partial charge in [-0.1, -0.05) is 17.3 Å². The summed E-state index contributed by atoms with van der Waals surface area (Å²) < 4.78 is 10.2. The molecule has 0 bridgehead atoms. The number of ether oxygens (including phenoxy) is 1. The van der Waals surface area contributed by atoms with E-state index in [2.05, 4.69) is 10.1 Å². The van der Waals surface area contributed by atoms with Crippen molar-refractivity contribution in [3.63, 3.8) is 0 Å². The van der Waals surface area contributed by atoms with E-state index in [-0.39, 0.29) is 11.7 Å². The van der Waals surface area contributed by atoms with E-state index >= 15 is 0 Å². The molecule has 0 aliphatic rings. The Kier molecular flexibility index (Phi) is 3.41. The maximum atomic E-state index is 11.2. The minimum Gasteiger partial charge on any atom is -0.497 e. The number of Topliss-reactive ketones (excluding diaryl/α,β-unsaturated/α-hetero) is 1. The molecule has 1 unspecified atom stereocenters. The number of nitrogens with zero attached hydrogens (tertiary/aromatic N) is 2. The smallest absolute Gasteiger partial charge is 0.237 e. The molecule has 1 aromatic carbocycles. The SMILES string of the molecule is COc1cccc(-c2noc(C(C)C(C)=O)n2)c1.